The Morgan fingerprint density at radius 3 is 2.32 bits per heavy atom. The minimum atomic E-state index is -2.53. The predicted octanol–water partition coefficient (Wildman–Crippen LogP) is 4.32. The number of esters is 1. The molecule has 0 aliphatic carbocycles. The number of hydrogen-bond donors (Lipinski definition) is 1. The Labute approximate surface area is 146 Å². The zero-order chi connectivity index (χ0) is 18.4. The molecule has 8 heteroatoms. The van der Waals surface area contributed by atoms with Gasteiger partial charge in [0.1, 0.15) is 5.82 Å². The maximum absolute atomic E-state index is 13.5. The molecular formula is C17H14F3NO3S. The first-order valence-corrected chi connectivity index (χ1v) is 8.06. The molecular weight excluding hydrogens is 355 g/mol. The third-order valence-electron chi connectivity index (χ3n) is 3.09. The second-order valence-electron chi connectivity index (χ2n) is 4.92. The van der Waals surface area contributed by atoms with E-state index in [4.69, 9.17) is 4.74 Å². The summed E-state index contributed by atoms with van der Waals surface area (Å²) in [5.41, 5.74) is 0.0907. The van der Waals surface area contributed by atoms with Gasteiger partial charge in [0.15, 0.2) is 6.10 Å². The number of nitrogens with one attached hydrogen (secondary N) is 1. The number of carbonyl (C=O) groups excluding carboxylic acids is 2. The summed E-state index contributed by atoms with van der Waals surface area (Å²) < 4.78 is 42.9. The lowest BCUT2D eigenvalue weighted by atomic mass is 10.2. The number of amides is 1. The smallest absolute Gasteiger partial charge is 0.341 e. The Bertz CT molecular complexity index is 753. The van der Waals surface area contributed by atoms with Crippen LogP contribution in [-0.2, 0) is 9.53 Å². The van der Waals surface area contributed by atoms with Gasteiger partial charge >= 0.3 is 5.97 Å². The molecule has 25 heavy (non-hydrogen) atoms. The molecule has 0 aromatic heterocycles. The lowest BCUT2D eigenvalue weighted by Crippen LogP contribution is -2.30. The molecule has 4 nitrogen and oxygen atoms in total. The molecule has 2 aromatic carbocycles. The topological polar surface area (TPSA) is 55.4 Å². The number of benzene rings is 2. The molecule has 0 heterocycles. The standard InChI is InChI=1S/C17H14F3NO3S/c1-10(24-16(23)13-4-2-3-5-14(13)18)15(22)21-11-6-8-12(9-7-11)25-17(19)20/h2-10,17H,1H3,(H,21,22)/t10-/m1/s1. The van der Waals surface area contributed by atoms with E-state index in [0.29, 0.717) is 22.3 Å². The fourth-order valence-electron chi connectivity index (χ4n) is 1.87. The van der Waals surface area contributed by atoms with E-state index < -0.39 is 29.6 Å². The van der Waals surface area contributed by atoms with Gasteiger partial charge < -0.3 is 10.1 Å². The predicted molar refractivity (Wildman–Crippen MR) is 88.2 cm³/mol. The monoisotopic (exact) mass is 369 g/mol. The summed E-state index contributed by atoms with van der Waals surface area (Å²) in [6.45, 7) is 1.34. The number of halogens is 3. The second kappa shape index (κ2) is 8.57. The van der Waals surface area contributed by atoms with Gasteiger partial charge in [-0.1, -0.05) is 23.9 Å². The molecule has 1 atom stereocenters. The van der Waals surface area contributed by atoms with Crippen molar-refractivity contribution >= 4 is 29.3 Å². The van der Waals surface area contributed by atoms with Crippen molar-refractivity contribution in [3.63, 3.8) is 0 Å². The summed E-state index contributed by atoms with van der Waals surface area (Å²) >= 11 is 0.389. The largest absolute Gasteiger partial charge is 0.449 e. The van der Waals surface area contributed by atoms with Gasteiger partial charge in [-0.05, 0) is 43.3 Å². The highest BCUT2D eigenvalue weighted by Crippen LogP contribution is 2.26. The number of carbonyl (C=O) groups is 2. The third kappa shape index (κ3) is 5.53. The van der Waals surface area contributed by atoms with Gasteiger partial charge in [0.05, 0.1) is 5.56 Å². The molecule has 1 amide bonds. The van der Waals surface area contributed by atoms with E-state index in [2.05, 4.69) is 5.32 Å². The summed E-state index contributed by atoms with van der Waals surface area (Å²) in [7, 11) is 0. The summed E-state index contributed by atoms with van der Waals surface area (Å²) in [6.07, 6.45) is -1.16. The Kier molecular flexibility index (Phi) is 6.46. The average Bonchev–Trinajstić information content (AvgIpc) is 2.56. The molecule has 0 unspecified atom stereocenters. The lowest BCUT2D eigenvalue weighted by Gasteiger charge is -2.14. The maximum atomic E-state index is 13.5. The van der Waals surface area contributed by atoms with Crippen LogP contribution in [0.3, 0.4) is 0 Å². The average molecular weight is 369 g/mol. The van der Waals surface area contributed by atoms with E-state index in [9.17, 15) is 22.8 Å². The van der Waals surface area contributed by atoms with Crippen LogP contribution in [0.25, 0.3) is 0 Å². The van der Waals surface area contributed by atoms with Crippen molar-refractivity contribution in [3.05, 3.63) is 59.9 Å². The van der Waals surface area contributed by atoms with Crippen LogP contribution in [0.5, 0.6) is 0 Å². The summed E-state index contributed by atoms with van der Waals surface area (Å²) in [5, 5.41) is 2.49. The van der Waals surface area contributed by atoms with Gasteiger partial charge in [-0.3, -0.25) is 4.79 Å². The fourth-order valence-corrected chi connectivity index (χ4v) is 2.37. The number of anilines is 1. The van der Waals surface area contributed by atoms with Crippen LogP contribution in [-0.4, -0.2) is 23.7 Å². The zero-order valence-electron chi connectivity index (χ0n) is 13.0. The van der Waals surface area contributed by atoms with E-state index in [0.717, 1.165) is 6.07 Å². The van der Waals surface area contributed by atoms with Crippen LogP contribution in [0.4, 0.5) is 18.9 Å². The molecule has 2 aromatic rings. The summed E-state index contributed by atoms with van der Waals surface area (Å²) in [5.74, 6) is -4.85. The van der Waals surface area contributed by atoms with Crippen molar-refractivity contribution in [1.82, 2.24) is 0 Å². The van der Waals surface area contributed by atoms with Gasteiger partial charge in [-0.2, -0.15) is 8.78 Å². The molecule has 0 saturated heterocycles. The molecule has 132 valence electrons. The highest BCUT2D eigenvalue weighted by atomic mass is 32.2. The molecule has 1 N–H and O–H groups in total. The lowest BCUT2D eigenvalue weighted by molar-refractivity contribution is -0.123. The van der Waals surface area contributed by atoms with E-state index in [1.807, 2.05) is 0 Å². The first kappa shape index (κ1) is 18.9. The molecule has 0 aliphatic heterocycles. The van der Waals surface area contributed by atoms with Gasteiger partial charge in [-0.25, -0.2) is 9.18 Å². The van der Waals surface area contributed by atoms with Crippen molar-refractivity contribution in [2.75, 3.05) is 5.32 Å². The van der Waals surface area contributed by atoms with Gasteiger partial charge in [0.2, 0.25) is 0 Å². The van der Waals surface area contributed by atoms with Crippen molar-refractivity contribution in [3.8, 4) is 0 Å². The first-order valence-electron chi connectivity index (χ1n) is 7.18. The first-order chi connectivity index (χ1) is 11.9. The fraction of sp³-hybridized carbons (Fsp3) is 0.176. The van der Waals surface area contributed by atoms with Gasteiger partial charge in [-0.15, -0.1) is 0 Å². The quantitative estimate of drug-likeness (QED) is 0.608. The Balaban J connectivity index is 1.94. The summed E-state index contributed by atoms with van der Waals surface area (Å²) in [4.78, 5) is 24.2. The minimum Gasteiger partial charge on any atom is -0.449 e. The number of alkyl halides is 2. The van der Waals surface area contributed by atoms with Crippen molar-refractivity contribution in [1.29, 1.82) is 0 Å². The molecule has 0 bridgehead atoms. The number of thioether (sulfide) groups is 1. The number of ether oxygens (including phenoxy) is 1. The number of rotatable bonds is 6. The van der Waals surface area contributed by atoms with E-state index >= 15 is 0 Å². The van der Waals surface area contributed by atoms with Crippen LogP contribution < -0.4 is 5.32 Å². The molecule has 0 spiro atoms. The minimum absolute atomic E-state index is 0.268. The van der Waals surface area contributed by atoms with Crippen LogP contribution in [0.15, 0.2) is 53.4 Å². The van der Waals surface area contributed by atoms with E-state index in [1.54, 1.807) is 0 Å². The van der Waals surface area contributed by atoms with Crippen LogP contribution in [0.1, 0.15) is 17.3 Å². The molecule has 0 aliphatic rings. The molecule has 2 rings (SSSR count). The molecule has 0 radical (unpaired) electrons. The van der Waals surface area contributed by atoms with Gasteiger partial charge in [0, 0.05) is 10.6 Å². The van der Waals surface area contributed by atoms with Crippen LogP contribution in [0, 0.1) is 5.82 Å². The molecule has 0 saturated carbocycles. The summed E-state index contributed by atoms with van der Waals surface area (Å²) in [6, 6.07) is 11.0. The Hall–Kier alpha value is -2.48. The van der Waals surface area contributed by atoms with Gasteiger partial charge in [0.25, 0.3) is 11.7 Å². The maximum Gasteiger partial charge on any atom is 0.341 e. The number of hydrogen-bond acceptors (Lipinski definition) is 4. The van der Waals surface area contributed by atoms with E-state index in [-0.39, 0.29) is 5.56 Å². The molecule has 0 fully saturated rings. The van der Waals surface area contributed by atoms with Crippen molar-refractivity contribution < 1.29 is 27.5 Å². The van der Waals surface area contributed by atoms with Crippen LogP contribution >= 0.6 is 11.8 Å². The van der Waals surface area contributed by atoms with Crippen molar-refractivity contribution in [2.24, 2.45) is 0 Å². The van der Waals surface area contributed by atoms with Crippen molar-refractivity contribution in [2.45, 2.75) is 23.7 Å². The second-order valence-corrected chi connectivity index (χ2v) is 5.98. The van der Waals surface area contributed by atoms with E-state index in [1.165, 1.54) is 49.4 Å². The SMILES string of the molecule is C[C@@H](OC(=O)c1ccccc1F)C(=O)Nc1ccc(SC(F)F)cc1. The third-order valence-corrected chi connectivity index (χ3v) is 3.82. The normalized spacial score (nSPS) is 11.9. The highest BCUT2D eigenvalue weighted by molar-refractivity contribution is 7.99. The highest BCUT2D eigenvalue weighted by Gasteiger charge is 2.21. The van der Waals surface area contributed by atoms with Crippen LogP contribution in [0.2, 0.25) is 0 Å². The zero-order valence-corrected chi connectivity index (χ0v) is 13.9. The Morgan fingerprint density at radius 1 is 1.08 bits per heavy atom. The Morgan fingerprint density at radius 2 is 1.72 bits per heavy atom.